The van der Waals surface area contributed by atoms with E-state index in [1.807, 2.05) is 18.5 Å². The second-order valence-electron chi connectivity index (χ2n) is 6.50. The Bertz CT molecular complexity index is 366. The number of hydrogen-bond acceptors (Lipinski definition) is 3. The van der Waals surface area contributed by atoms with Gasteiger partial charge in [-0.1, -0.05) is 6.07 Å². The third-order valence-corrected chi connectivity index (χ3v) is 4.00. The first kappa shape index (κ1) is 13.5. The molecule has 0 amide bonds. The van der Waals surface area contributed by atoms with Gasteiger partial charge in [-0.05, 0) is 52.3 Å². The van der Waals surface area contributed by atoms with Crippen molar-refractivity contribution < 1.29 is 0 Å². The minimum absolute atomic E-state index is 0.163. The number of nitrogens with zero attached hydrogens (tertiary/aromatic N) is 2. The zero-order valence-corrected chi connectivity index (χ0v) is 12.0. The van der Waals surface area contributed by atoms with Gasteiger partial charge in [0.1, 0.15) is 0 Å². The van der Waals surface area contributed by atoms with Crippen LogP contribution in [0.1, 0.15) is 39.7 Å². The third kappa shape index (κ3) is 2.90. The lowest BCUT2D eigenvalue weighted by Gasteiger charge is -2.47. The van der Waals surface area contributed by atoms with Crippen LogP contribution in [0.5, 0.6) is 0 Å². The first-order chi connectivity index (χ1) is 8.42. The molecular formula is C15H25N3. The van der Waals surface area contributed by atoms with Crippen LogP contribution in [0.3, 0.4) is 0 Å². The highest BCUT2D eigenvalue weighted by Crippen LogP contribution is 2.31. The van der Waals surface area contributed by atoms with E-state index in [0.29, 0.717) is 0 Å². The van der Waals surface area contributed by atoms with Crippen molar-refractivity contribution in [3.05, 3.63) is 30.1 Å². The van der Waals surface area contributed by atoms with Crippen LogP contribution in [0.2, 0.25) is 0 Å². The highest BCUT2D eigenvalue weighted by Gasteiger charge is 2.39. The smallest absolute Gasteiger partial charge is 0.0312 e. The molecule has 100 valence electrons. The van der Waals surface area contributed by atoms with Crippen molar-refractivity contribution >= 4 is 0 Å². The number of nitrogens with one attached hydrogen (secondary N) is 1. The molecule has 1 fully saturated rings. The molecule has 0 aliphatic carbocycles. The summed E-state index contributed by atoms with van der Waals surface area (Å²) in [6.45, 7) is 12.4. The van der Waals surface area contributed by atoms with Gasteiger partial charge in [-0.25, -0.2) is 0 Å². The van der Waals surface area contributed by atoms with Gasteiger partial charge in [0.2, 0.25) is 0 Å². The Morgan fingerprint density at radius 2 is 2.06 bits per heavy atom. The van der Waals surface area contributed by atoms with Crippen LogP contribution < -0.4 is 5.32 Å². The van der Waals surface area contributed by atoms with Crippen molar-refractivity contribution in [3.63, 3.8) is 0 Å². The number of rotatable bonds is 2. The van der Waals surface area contributed by atoms with Crippen molar-refractivity contribution in [3.8, 4) is 0 Å². The van der Waals surface area contributed by atoms with Gasteiger partial charge in [0.25, 0.3) is 0 Å². The van der Waals surface area contributed by atoms with Gasteiger partial charge in [-0.3, -0.25) is 9.88 Å². The summed E-state index contributed by atoms with van der Waals surface area (Å²) in [5.41, 5.74) is 1.67. The number of aromatic nitrogens is 1. The predicted molar refractivity (Wildman–Crippen MR) is 75.4 cm³/mol. The molecular weight excluding hydrogens is 222 g/mol. The van der Waals surface area contributed by atoms with Crippen molar-refractivity contribution in [1.29, 1.82) is 0 Å². The van der Waals surface area contributed by atoms with Crippen LogP contribution in [0, 0.1) is 0 Å². The van der Waals surface area contributed by atoms with E-state index in [1.54, 1.807) is 0 Å². The van der Waals surface area contributed by atoms with Crippen LogP contribution in [-0.4, -0.2) is 34.1 Å². The second kappa shape index (κ2) is 4.98. The molecule has 1 aromatic heterocycles. The van der Waals surface area contributed by atoms with Gasteiger partial charge in [-0.15, -0.1) is 0 Å². The topological polar surface area (TPSA) is 28.2 Å². The summed E-state index contributed by atoms with van der Waals surface area (Å²) in [5, 5.41) is 3.55. The highest BCUT2D eigenvalue weighted by molar-refractivity contribution is 5.11. The summed E-state index contributed by atoms with van der Waals surface area (Å²) in [7, 11) is 0. The molecule has 1 N–H and O–H groups in total. The summed E-state index contributed by atoms with van der Waals surface area (Å²) in [6, 6.07) is 4.18. The lowest BCUT2D eigenvalue weighted by Crippen LogP contribution is -2.56. The maximum atomic E-state index is 4.23. The Labute approximate surface area is 111 Å². The molecule has 3 nitrogen and oxygen atoms in total. The molecule has 0 atom stereocenters. The summed E-state index contributed by atoms with van der Waals surface area (Å²) >= 11 is 0. The molecule has 0 saturated carbocycles. The van der Waals surface area contributed by atoms with E-state index in [0.717, 1.165) is 19.6 Å². The van der Waals surface area contributed by atoms with E-state index in [4.69, 9.17) is 0 Å². The second-order valence-corrected chi connectivity index (χ2v) is 6.50. The molecule has 2 heterocycles. The molecule has 0 bridgehead atoms. The molecule has 0 aromatic carbocycles. The lowest BCUT2D eigenvalue weighted by atomic mass is 9.91. The SMILES string of the molecule is CC1(C)CCNCC(C)(C)N1Cc1cccnc1. The molecule has 1 aromatic rings. The Balaban J connectivity index is 2.25. The Kier molecular flexibility index (Phi) is 3.74. The summed E-state index contributed by atoms with van der Waals surface area (Å²) in [6.07, 6.45) is 4.99. The average molecular weight is 247 g/mol. The maximum Gasteiger partial charge on any atom is 0.0312 e. The van der Waals surface area contributed by atoms with Crippen molar-refractivity contribution in [1.82, 2.24) is 15.2 Å². The summed E-state index contributed by atoms with van der Waals surface area (Å²) < 4.78 is 0. The fourth-order valence-corrected chi connectivity index (χ4v) is 2.94. The highest BCUT2D eigenvalue weighted by atomic mass is 15.3. The van der Waals surface area contributed by atoms with Crippen LogP contribution >= 0.6 is 0 Å². The van der Waals surface area contributed by atoms with E-state index >= 15 is 0 Å². The molecule has 1 aliphatic heterocycles. The maximum absolute atomic E-state index is 4.23. The Morgan fingerprint density at radius 1 is 1.28 bits per heavy atom. The molecule has 0 unspecified atom stereocenters. The number of pyridine rings is 1. The van der Waals surface area contributed by atoms with Crippen LogP contribution in [-0.2, 0) is 6.54 Å². The summed E-state index contributed by atoms with van der Waals surface area (Å²) in [4.78, 5) is 6.83. The largest absolute Gasteiger partial charge is 0.315 e. The summed E-state index contributed by atoms with van der Waals surface area (Å²) in [5.74, 6) is 0. The van der Waals surface area contributed by atoms with Gasteiger partial charge in [-0.2, -0.15) is 0 Å². The Morgan fingerprint density at radius 3 is 2.72 bits per heavy atom. The molecule has 1 aliphatic rings. The van der Waals surface area contributed by atoms with Crippen molar-refractivity contribution in [2.24, 2.45) is 0 Å². The van der Waals surface area contributed by atoms with Gasteiger partial charge in [0.05, 0.1) is 0 Å². The fourth-order valence-electron chi connectivity index (χ4n) is 2.94. The van der Waals surface area contributed by atoms with Crippen molar-refractivity contribution in [2.45, 2.75) is 51.7 Å². The van der Waals surface area contributed by atoms with E-state index in [2.05, 4.69) is 49.0 Å². The molecule has 18 heavy (non-hydrogen) atoms. The standard InChI is InChI=1S/C15H25N3/c1-14(2)7-9-17-12-15(3,4)18(14)11-13-6-5-8-16-10-13/h5-6,8,10,17H,7,9,11-12H2,1-4H3. The zero-order valence-electron chi connectivity index (χ0n) is 12.0. The molecule has 0 spiro atoms. The van der Waals surface area contributed by atoms with E-state index in [1.165, 1.54) is 12.0 Å². The minimum atomic E-state index is 0.163. The van der Waals surface area contributed by atoms with Gasteiger partial charge in [0.15, 0.2) is 0 Å². The minimum Gasteiger partial charge on any atom is -0.315 e. The fraction of sp³-hybridized carbons (Fsp3) is 0.667. The predicted octanol–water partition coefficient (Wildman–Crippen LogP) is 2.43. The molecule has 2 rings (SSSR count). The van der Waals surface area contributed by atoms with E-state index < -0.39 is 0 Å². The van der Waals surface area contributed by atoms with Crippen LogP contribution in [0.15, 0.2) is 24.5 Å². The van der Waals surface area contributed by atoms with Crippen LogP contribution in [0.4, 0.5) is 0 Å². The average Bonchev–Trinajstić information content (AvgIpc) is 2.41. The van der Waals surface area contributed by atoms with Gasteiger partial charge < -0.3 is 5.32 Å². The lowest BCUT2D eigenvalue weighted by molar-refractivity contribution is 0.0191. The molecule has 3 heteroatoms. The number of hydrogen-bond donors (Lipinski definition) is 1. The van der Waals surface area contributed by atoms with Crippen molar-refractivity contribution in [2.75, 3.05) is 13.1 Å². The van der Waals surface area contributed by atoms with E-state index in [-0.39, 0.29) is 11.1 Å². The monoisotopic (exact) mass is 247 g/mol. The normalized spacial score (nSPS) is 23.6. The van der Waals surface area contributed by atoms with Gasteiger partial charge in [0, 0.05) is 36.6 Å². The zero-order chi connectivity index (χ0) is 13.2. The quantitative estimate of drug-likeness (QED) is 0.870. The first-order valence-corrected chi connectivity index (χ1v) is 6.79. The first-order valence-electron chi connectivity index (χ1n) is 6.79. The third-order valence-electron chi connectivity index (χ3n) is 4.00. The van der Waals surface area contributed by atoms with Gasteiger partial charge >= 0.3 is 0 Å². The molecule has 0 radical (unpaired) electrons. The Hall–Kier alpha value is -0.930. The van der Waals surface area contributed by atoms with Crippen LogP contribution in [0.25, 0.3) is 0 Å². The van der Waals surface area contributed by atoms with E-state index in [9.17, 15) is 0 Å². The molecule has 1 saturated heterocycles.